The molecule has 1 aliphatic heterocycles. The summed E-state index contributed by atoms with van der Waals surface area (Å²) in [5, 5.41) is 10.3. The molecule has 3 aromatic rings. The highest BCUT2D eigenvalue weighted by Crippen LogP contribution is 2.30. The molecule has 1 saturated heterocycles. The number of aromatic nitrogens is 3. The Balaban J connectivity index is 1.64. The molecule has 5 nitrogen and oxygen atoms in total. The molecule has 7 heteroatoms. The Hall–Kier alpha value is -2.31. The topological polar surface area (TPSA) is 51.0 Å². The standard InChI is InChI=1S/C24H27ClN4OS/c1-3-20-9-6-7-15-28(20)22(30)16-31-24-27-26-23(18-11-13-19(25)14-12-18)29(24)21-10-5-4-8-17(21)2/h4-5,8,10-14,20H,3,6-7,9,15-16H2,1-2H3. The van der Waals surface area contributed by atoms with E-state index in [-0.39, 0.29) is 5.91 Å². The highest BCUT2D eigenvalue weighted by molar-refractivity contribution is 7.99. The first-order valence-electron chi connectivity index (χ1n) is 10.8. The van der Waals surface area contributed by atoms with E-state index in [0.29, 0.717) is 16.8 Å². The number of aryl methyl sites for hydroxylation is 1. The molecule has 1 aliphatic rings. The lowest BCUT2D eigenvalue weighted by Gasteiger charge is -2.35. The molecular weight excluding hydrogens is 428 g/mol. The SMILES string of the molecule is CCC1CCCCN1C(=O)CSc1nnc(-c2ccc(Cl)cc2)n1-c1ccccc1C. The van der Waals surface area contributed by atoms with E-state index in [1.54, 1.807) is 0 Å². The van der Waals surface area contributed by atoms with Crippen LogP contribution in [-0.2, 0) is 4.79 Å². The van der Waals surface area contributed by atoms with Gasteiger partial charge in [0.15, 0.2) is 11.0 Å². The number of rotatable bonds is 6. The van der Waals surface area contributed by atoms with Gasteiger partial charge in [0.1, 0.15) is 0 Å². The maximum absolute atomic E-state index is 13.0. The number of carbonyl (C=O) groups excluding carboxylic acids is 1. The molecule has 0 aliphatic carbocycles. The summed E-state index contributed by atoms with van der Waals surface area (Å²) in [4.78, 5) is 15.1. The molecule has 1 unspecified atom stereocenters. The molecule has 0 radical (unpaired) electrons. The van der Waals surface area contributed by atoms with Gasteiger partial charge >= 0.3 is 0 Å². The summed E-state index contributed by atoms with van der Waals surface area (Å²) >= 11 is 7.53. The van der Waals surface area contributed by atoms with Gasteiger partial charge in [-0.25, -0.2) is 0 Å². The van der Waals surface area contributed by atoms with Gasteiger partial charge in [0.25, 0.3) is 0 Å². The lowest BCUT2D eigenvalue weighted by molar-refractivity contribution is -0.132. The summed E-state index contributed by atoms with van der Waals surface area (Å²) in [5.74, 6) is 1.29. The molecule has 1 aromatic heterocycles. The second-order valence-electron chi connectivity index (χ2n) is 7.87. The number of amides is 1. The Morgan fingerprint density at radius 2 is 1.90 bits per heavy atom. The minimum absolute atomic E-state index is 0.184. The van der Waals surface area contributed by atoms with Gasteiger partial charge in [-0.05, 0) is 68.5 Å². The molecule has 0 spiro atoms. The van der Waals surface area contributed by atoms with Crippen LogP contribution in [0.1, 0.15) is 38.2 Å². The van der Waals surface area contributed by atoms with Crippen LogP contribution in [0.4, 0.5) is 0 Å². The molecule has 1 atom stereocenters. The van der Waals surface area contributed by atoms with Crippen LogP contribution in [-0.4, -0.2) is 43.9 Å². The summed E-state index contributed by atoms with van der Waals surface area (Å²) < 4.78 is 2.05. The number of likely N-dealkylation sites (tertiary alicyclic amines) is 1. The molecule has 2 heterocycles. The zero-order chi connectivity index (χ0) is 21.8. The van der Waals surface area contributed by atoms with Gasteiger partial charge in [-0.3, -0.25) is 9.36 Å². The largest absolute Gasteiger partial charge is 0.339 e. The van der Waals surface area contributed by atoms with Crippen molar-refractivity contribution in [3.05, 3.63) is 59.1 Å². The summed E-state index contributed by atoms with van der Waals surface area (Å²) in [5.41, 5.74) is 3.06. The van der Waals surface area contributed by atoms with Gasteiger partial charge in [-0.2, -0.15) is 0 Å². The fourth-order valence-corrected chi connectivity index (χ4v) is 5.10. The number of hydrogen-bond donors (Lipinski definition) is 0. The van der Waals surface area contributed by atoms with Crippen molar-refractivity contribution in [3.63, 3.8) is 0 Å². The molecule has 31 heavy (non-hydrogen) atoms. The predicted octanol–water partition coefficient (Wildman–Crippen LogP) is 5.78. The number of carbonyl (C=O) groups is 1. The molecule has 0 N–H and O–H groups in total. The average molecular weight is 455 g/mol. The van der Waals surface area contributed by atoms with E-state index >= 15 is 0 Å². The molecule has 1 amide bonds. The second kappa shape index (κ2) is 9.88. The number of piperidine rings is 1. The third kappa shape index (κ3) is 4.80. The summed E-state index contributed by atoms with van der Waals surface area (Å²) in [6, 6.07) is 16.1. The number of benzene rings is 2. The van der Waals surface area contributed by atoms with Gasteiger partial charge in [0.2, 0.25) is 5.91 Å². The quantitative estimate of drug-likeness (QED) is 0.443. The number of thioether (sulfide) groups is 1. The predicted molar refractivity (Wildman–Crippen MR) is 127 cm³/mol. The van der Waals surface area contributed by atoms with E-state index in [4.69, 9.17) is 11.6 Å². The summed E-state index contributed by atoms with van der Waals surface area (Å²) in [7, 11) is 0. The van der Waals surface area contributed by atoms with Crippen LogP contribution in [0.5, 0.6) is 0 Å². The van der Waals surface area contributed by atoms with E-state index in [0.717, 1.165) is 53.6 Å². The van der Waals surface area contributed by atoms with Gasteiger partial charge in [0.05, 0.1) is 11.4 Å². The van der Waals surface area contributed by atoms with Crippen molar-refractivity contribution in [2.75, 3.05) is 12.3 Å². The highest BCUT2D eigenvalue weighted by Gasteiger charge is 2.26. The van der Waals surface area contributed by atoms with Crippen molar-refractivity contribution in [2.45, 2.75) is 50.7 Å². The van der Waals surface area contributed by atoms with E-state index in [9.17, 15) is 4.79 Å². The van der Waals surface area contributed by atoms with Crippen molar-refractivity contribution in [1.29, 1.82) is 0 Å². The Bertz CT molecular complexity index is 1050. The van der Waals surface area contributed by atoms with Crippen LogP contribution in [0.15, 0.2) is 53.7 Å². The first-order valence-corrected chi connectivity index (χ1v) is 12.1. The number of hydrogen-bond acceptors (Lipinski definition) is 4. The van der Waals surface area contributed by atoms with E-state index in [1.165, 1.54) is 18.2 Å². The zero-order valence-electron chi connectivity index (χ0n) is 17.9. The lowest BCUT2D eigenvalue weighted by atomic mass is 10.0. The molecular formula is C24H27ClN4OS. The Morgan fingerprint density at radius 3 is 2.65 bits per heavy atom. The van der Waals surface area contributed by atoms with Crippen LogP contribution in [0, 0.1) is 6.92 Å². The normalized spacial score (nSPS) is 16.5. The molecule has 2 aromatic carbocycles. The van der Waals surface area contributed by atoms with Crippen molar-refractivity contribution in [3.8, 4) is 17.1 Å². The third-order valence-corrected chi connectivity index (χ3v) is 7.00. The fraction of sp³-hybridized carbons (Fsp3) is 0.375. The van der Waals surface area contributed by atoms with Crippen molar-refractivity contribution in [1.82, 2.24) is 19.7 Å². The van der Waals surface area contributed by atoms with Gasteiger partial charge in [0, 0.05) is 23.2 Å². The van der Waals surface area contributed by atoms with Crippen molar-refractivity contribution < 1.29 is 4.79 Å². The Morgan fingerprint density at radius 1 is 1.13 bits per heavy atom. The van der Waals surface area contributed by atoms with Gasteiger partial charge in [-0.15, -0.1) is 10.2 Å². The average Bonchev–Trinajstić information content (AvgIpc) is 3.22. The fourth-order valence-electron chi connectivity index (χ4n) is 4.14. The van der Waals surface area contributed by atoms with Crippen molar-refractivity contribution in [2.24, 2.45) is 0 Å². The number of halogens is 1. The Labute approximate surface area is 192 Å². The maximum atomic E-state index is 13.0. The smallest absolute Gasteiger partial charge is 0.233 e. The number of nitrogens with zero attached hydrogens (tertiary/aromatic N) is 4. The first-order chi connectivity index (χ1) is 15.1. The van der Waals surface area contributed by atoms with Crippen LogP contribution in [0.25, 0.3) is 17.1 Å². The van der Waals surface area contributed by atoms with Crippen LogP contribution in [0.3, 0.4) is 0 Å². The summed E-state index contributed by atoms with van der Waals surface area (Å²) in [6.45, 7) is 5.09. The second-order valence-corrected chi connectivity index (χ2v) is 9.25. The van der Waals surface area contributed by atoms with E-state index in [1.807, 2.05) is 41.0 Å². The van der Waals surface area contributed by atoms with Gasteiger partial charge in [-0.1, -0.05) is 48.5 Å². The van der Waals surface area contributed by atoms with Crippen LogP contribution in [0.2, 0.25) is 5.02 Å². The highest BCUT2D eigenvalue weighted by atomic mass is 35.5. The zero-order valence-corrected chi connectivity index (χ0v) is 19.5. The van der Waals surface area contributed by atoms with Crippen LogP contribution >= 0.6 is 23.4 Å². The molecule has 0 saturated carbocycles. The van der Waals surface area contributed by atoms with Crippen LogP contribution < -0.4 is 0 Å². The first kappa shape index (κ1) is 21.9. The number of para-hydroxylation sites is 1. The Kier molecular flexibility index (Phi) is 6.98. The maximum Gasteiger partial charge on any atom is 0.233 e. The molecule has 0 bridgehead atoms. The monoisotopic (exact) mass is 454 g/mol. The van der Waals surface area contributed by atoms with Crippen molar-refractivity contribution >= 4 is 29.3 Å². The minimum Gasteiger partial charge on any atom is -0.339 e. The van der Waals surface area contributed by atoms with E-state index in [2.05, 4.69) is 41.1 Å². The minimum atomic E-state index is 0.184. The third-order valence-electron chi connectivity index (χ3n) is 5.84. The molecule has 1 fully saturated rings. The van der Waals surface area contributed by atoms with Gasteiger partial charge < -0.3 is 4.90 Å². The molecule has 162 valence electrons. The van der Waals surface area contributed by atoms with E-state index < -0.39 is 0 Å². The lowest BCUT2D eigenvalue weighted by Crippen LogP contribution is -2.44. The summed E-state index contributed by atoms with van der Waals surface area (Å²) in [6.07, 6.45) is 4.41. The molecule has 4 rings (SSSR count).